The van der Waals surface area contributed by atoms with Gasteiger partial charge in [0.05, 0.1) is 17.9 Å². The van der Waals surface area contributed by atoms with E-state index >= 15 is 0 Å². The van der Waals surface area contributed by atoms with Crippen LogP contribution in [-0.2, 0) is 26.2 Å². The Morgan fingerprint density at radius 3 is 2.80 bits per heavy atom. The number of nitrogens with zero attached hydrogens (tertiary/aromatic N) is 4. The fraction of sp³-hybridized carbons (Fsp3) is 0.538. The highest BCUT2D eigenvalue weighted by atomic mass is 35.5. The molecular formula is C13H21ClFN5. The molecule has 0 atom stereocenters. The van der Waals surface area contributed by atoms with E-state index in [0.717, 1.165) is 24.5 Å². The molecule has 112 valence electrons. The second kappa shape index (κ2) is 8.01. The maximum absolute atomic E-state index is 12.3. The van der Waals surface area contributed by atoms with Crippen LogP contribution < -0.4 is 5.32 Å². The molecule has 2 heterocycles. The van der Waals surface area contributed by atoms with Crippen LogP contribution in [-0.4, -0.2) is 26.2 Å². The van der Waals surface area contributed by atoms with E-state index < -0.39 is 6.67 Å². The number of nitrogens with one attached hydrogen (secondary N) is 1. The van der Waals surface area contributed by atoms with Crippen molar-refractivity contribution < 1.29 is 4.39 Å². The van der Waals surface area contributed by atoms with Gasteiger partial charge in [-0.25, -0.2) is 4.39 Å². The van der Waals surface area contributed by atoms with E-state index in [2.05, 4.69) is 28.6 Å². The van der Waals surface area contributed by atoms with Gasteiger partial charge < -0.3 is 5.32 Å². The number of rotatable bonds is 7. The molecule has 1 N–H and O–H groups in total. The fourth-order valence-electron chi connectivity index (χ4n) is 2.01. The van der Waals surface area contributed by atoms with Crippen LogP contribution in [0.25, 0.3) is 0 Å². The molecular weight excluding hydrogens is 281 g/mol. The summed E-state index contributed by atoms with van der Waals surface area (Å²) in [6.45, 7) is 6.32. The molecule has 5 nitrogen and oxygen atoms in total. The number of halogens is 2. The topological polar surface area (TPSA) is 47.7 Å². The van der Waals surface area contributed by atoms with E-state index in [0.29, 0.717) is 13.1 Å². The molecule has 0 spiro atoms. The van der Waals surface area contributed by atoms with Crippen LogP contribution >= 0.6 is 12.4 Å². The molecule has 0 amide bonds. The predicted molar refractivity (Wildman–Crippen MR) is 78.6 cm³/mol. The lowest BCUT2D eigenvalue weighted by Crippen LogP contribution is -2.17. The Bertz CT molecular complexity index is 523. The molecule has 0 bridgehead atoms. The van der Waals surface area contributed by atoms with E-state index in [1.165, 1.54) is 5.56 Å². The predicted octanol–water partition coefficient (Wildman–Crippen LogP) is 2.09. The van der Waals surface area contributed by atoms with Gasteiger partial charge in [0.15, 0.2) is 0 Å². The lowest BCUT2D eigenvalue weighted by Gasteiger charge is -2.06. The molecule has 0 unspecified atom stereocenters. The summed E-state index contributed by atoms with van der Waals surface area (Å²) in [6, 6.07) is 1.91. The molecule has 0 aromatic carbocycles. The third-order valence-corrected chi connectivity index (χ3v) is 3.09. The van der Waals surface area contributed by atoms with Crippen molar-refractivity contribution in [1.82, 2.24) is 24.9 Å². The first-order valence-electron chi connectivity index (χ1n) is 6.55. The highest BCUT2D eigenvalue weighted by Gasteiger charge is 2.05. The first-order valence-corrected chi connectivity index (χ1v) is 6.55. The largest absolute Gasteiger partial charge is 0.307 e. The Labute approximate surface area is 124 Å². The summed E-state index contributed by atoms with van der Waals surface area (Å²) < 4.78 is 15.9. The minimum absolute atomic E-state index is 0. The Kier molecular flexibility index (Phi) is 6.67. The summed E-state index contributed by atoms with van der Waals surface area (Å²) in [4.78, 5) is 0. The molecule has 0 fully saturated rings. The van der Waals surface area contributed by atoms with E-state index in [1.807, 2.05) is 17.7 Å². The van der Waals surface area contributed by atoms with Crippen molar-refractivity contribution in [2.24, 2.45) is 0 Å². The van der Waals surface area contributed by atoms with Crippen molar-refractivity contribution >= 4 is 12.4 Å². The van der Waals surface area contributed by atoms with Crippen molar-refractivity contribution in [1.29, 1.82) is 0 Å². The van der Waals surface area contributed by atoms with Crippen LogP contribution in [0.3, 0.4) is 0 Å². The third kappa shape index (κ3) is 4.05. The fourth-order valence-corrected chi connectivity index (χ4v) is 2.01. The molecule has 2 aromatic heterocycles. The Hall–Kier alpha value is -1.40. The quantitative estimate of drug-likeness (QED) is 0.852. The van der Waals surface area contributed by atoms with E-state index in [4.69, 9.17) is 0 Å². The smallest absolute Gasteiger partial charge is 0.109 e. The second-order valence-corrected chi connectivity index (χ2v) is 4.43. The molecule has 0 aliphatic rings. The van der Waals surface area contributed by atoms with Crippen LogP contribution in [0.4, 0.5) is 4.39 Å². The highest BCUT2D eigenvalue weighted by Crippen LogP contribution is 2.06. The summed E-state index contributed by atoms with van der Waals surface area (Å²) >= 11 is 0. The average Bonchev–Trinajstić information content (AvgIpc) is 2.98. The SMILES string of the molecule is CCn1cc(CNCc2ccnn2CCF)c(C)n1.Cl. The molecule has 0 saturated carbocycles. The standard InChI is InChI=1S/C13H20FN5.ClH/c1-3-18-10-12(11(2)17-18)8-15-9-13-4-6-16-19(13)7-5-14;/h4,6,10,15H,3,5,7-9H2,1-2H3;1H. The van der Waals surface area contributed by atoms with E-state index in [1.54, 1.807) is 10.9 Å². The normalized spacial score (nSPS) is 10.6. The van der Waals surface area contributed by atoms with Gasteiger partial charge in [-0.1, -0.05) is 0 Å². The van der Waals surface area contributed by atoms with Crippen LogP contribution in [0.15, 0.2) is 18.5 Å². The molecule has 2 rings (SSSR count). The van der Waals surface area contributed by atoms with Gasteiger partial charge >= 0.3 is 0 Å². The summed E-state index contributed by atoms with van der Waals surface area (Å²) in [5.41, 5.74) is 3.24. The summed E-state index contributed by atoms with van der Waals surface area (Å²) in [5.74, 6) is 0. The molecule has 0 aliphatic heterocycles. The van der Waals surface area contributed by atoms with Crippen LogP contribution in [0.2, 0.25) is 0 Å². The zero-order chi connectivity index (χ0) is 13.7. The van der Waals surface area contributed by atoms with Crippen molar-refractivity contribution in [3.8, 4) is 0 Å². The first kappa shape index (κ1) is 16.7. The van der Waals surface area contributed by atoms with Crippen molar-refractivity contribution in [2.45, 2.75) is 40.0 Å². The molecule has 0 saturated heterocycles. The summed E-state index contributed by atoms with van der Waals surface area (Å²) in [7, 11) is 0. The van der Waals surface area contributed by atoms with Gasteiger partial charge in [-0.3, -0.25) is 9.36 Å². The van der Waals surface area contributed by atoms with Crippen LogP contribution in [0.5, 0.6) is 0 Å². The maximum Gasteiger partial charge on any atom is 0.109 e. The number of aryl methyl sites for hydroxylation is 3. The highest BCUT2D eigenvalue weighted by molar-refractivity contribution is 5.85. The number of hydrogen-bond donors (Lipinski definition) is 1. The molecule has 2 aromatic rings. The maximum atomic E-state index is 12.3. The van der Waals surface area contributed by atoms with Crippen LogP contribution in [0.1, 0.15) is 23.9 Å². The average molecular weight is 302 g/mol. The van der Waals surface area contributed by atoms with Crippen LogP contribution in [0, 0.1) is 6.92 Å². The zero-order valence-corrected chi connectivity index (χ0v) is 12.7. The zero-order valence-electron chi connectivity index (χ0n) is 11.8. The Morgan fingerprint density at radius 2 is 2.15 bits per heavy atom. The minimum Gasteiger partial charge on any atom is -0.307 e. The summed E-state index contributed by atoms with van der Waals surface area (Å²) in [6.07, 6.45) is 3.76. The van der Waals surface area contributed by atoms with Crippen molar-refractivity contribution in [2.75, 3.05) is 6.67 Å². The lowest BCUT2D eigenvalue weighted by molar-refractivity contribution is 0.417. The van der Waals surface area contributed by atoms with E-state index in [-0.39, 0.29) is 12.4 Å². The number of aromatic nitrogens is 4. The third-order valence-electron chi connectivity index (χ3n) is 3.09. The molecule has 20 heavy (non-hydrogen) atoms. The Morgan fingerprint density at radius 1 is 1.35 bits per heavy atom. The van der Waals surface area contributed by atoms with Gasteiger partial charge in [0.2, 0.25) is 0 Å². The van der Waals surface area contributed by atoms with Crippen molar-refractivity contribution in [3.63, 3.8) is 0 Å². The molecule has 0 radical (unpaired) electrons. The van der Waals surface area contributed by atoms with Crippen molar-refractivity contribution in [3.05, 3.63) is 35.4 Å². The number of alkyl halides is 1. The minimum atomic E-state index is -0.392. The van der Waals surface area contributed by atoms with Gasteiger partial charge in [0.25, 0.3) is 0 Å². The van der Waals surface area contributed by atoms with Gasteiger partial charge in [0, 0.05) is 37.6 Å². The van der Waals surface area contributed by atoms with Gasteiger partial charge in [-0.2, -0.15) is 10.2 Å². The summed E-state index contributed by atoms with van der Waals surface area (Å²) in [5, 5.41) is 11.8. The second-order valence-electron chi connectivity index (χ2n) is 4.43. The van der Waals surface area contributed by atoms with Gasteiger partial charge in [0.1, 0.15) is 6.67 Å². The number of hydrogen-bond acceptors (Lipinski definition) is 3. The molecule has 7 heteroatoms. The van der Waals surface area contributed by atoms with Gasteiger partial charge in [-0.05, 0) is 19.9 Å². The monoisotopic (exact) mass is 301 g/mol. The molecule has 0 aliphatic carbocycles. The van der Waals surface area contributed by atoms with E-state index in [9.17, 15) is 4.39 Å². The lowest BCUT2D eigenvalue weighted by atomic mass is 10.2. The first-order chi connectivity index (χ1) is 9.24. The Balaban J connectivity index is 0.00000200. The van der Waals surface area contributed by atoms with Gasteiger partial charge in [-0.15, -0.1) is 12.4 Å².